The summed E-state index contributed by atoms with van der Waals surface area (Å²) in [5.41, 5.74) is 4.53. The van der Waals surface area contributed by atoms with Gasteiger partial charge in [0.2, 0.25) is 11.9 Å². The van der Waals surface area contributed by atoms with Crippen LogP contribution in [0.25, 0.3) is 5.57 Å². The van der Waals surface area contributed by atoms with E-state index in [1.807, 2.05) is 41.3 Å². The van der Waals surface area contributed by atoms with E-state index < -0.39 is 0 Å². The Morgan fingerprint density at radius 3 is 2.54 bits per heavy atom. The van der Waals surface area contributed by atoms with E-state index in [0.717, 1.165) is 75.4 Å². The molecule has 0 atom stereocenters. The van der Waals surface area contributed by atoms with Crippen molar-refractivity contribution in [2.24, 2.45) is 0 Å². The number of piperazine rings is 1. The lowest BCUT2D eigenvalue weighted by atomic mass is 10.0. The normalized spacial score (nSPS) is 17.7. The number of methoxy groups -OCH3 is 1. The van der Waals surface area contributed by atoms with Crippen LogP contribution in [-0.2, 0) is 9.53 Å². The smallest absolute Gasteiger partial charge is 0.253 e. The van der Waals surface area contributed by atoms with Crippen LogP contribution in [0.5, 0.6) is 5.75 Å². The topological polar surface area (TPSA) is 124 Å². The second-order valence-corrected chi connectivity index (χ2v) is 12.3. The second kappa shape index (κ2) is 15.4. The maximum Gasteiger partial charge on any atom is 0.253 e. The number of aromatic nitrogens is 2. The standard InChI is InChI=1S/C36H44N8O4/c1-4-33(45)38-27-6-5-7-28(23-27)39-34-30(25-12-20-48-21-13-25)24-37-36(41-34)40-31-9-8-26(22-32(31)47-3)35(46)44-14-10-29(11-15-44)43-18-16-42(2)17-19-43/h4-9,12,22-24,29H,1,10-11,13-21H2,2-3H3,(H,38,45)(H2,37,39,40,41). The monoisotopic (exact) mass is 652 g/mol. The van der Waals surface area contributed by atoms with Gasteiger partial charge in [0, 0.05) is 74.0 Å². The summed E-state index contributed by atoms with van der Waals surface area (Å²) in [5.74, 6) is 1.20. The van der Waals surface area contributed by atoms with Crippen molar-refractivity contribution in [1.29, 1.82) is 0 Å². The van der Waals surface area contributed by atoms with Crippen LogP contribution in [0, 0.1) is 0 Å². The Bertz CT molecular complexity index is 1660. The molecule has 3 N–H and O–H groups in total. The Kier molecular flexibility index (Phi) is 10.6. The largest absolute Gasteiger partial charge is 0.495 e. The van der Waals surface area contributed by atoms with Crippen molar-refractivity contribution >= 4 is 46.2 Å². The highest BCUT2D eigenvalue weighted by atomic mass is 16.5. The molecule has 0 aliphatic carbocycles. The number of benzene rings is 2. The maximum atomic E-state index is 13.5. The highest BCUT2D eigenvalue weighted by Gasteiger charge is 2.29. The zero-order chi connectivity index (χ0) is 33.5. The number of anilines is 5. The van der Waals surface area contributed by atoms with Crippen LogP contribution in [0.15, 0.2) is 67.4 Å². The molecule has 0 bridgehead atoms. The summed E-state index contributed by atoms with van der Waals surface area (Å²) in [4.78, 5) is 41.8. The number of hydrogen-bond donors (Lipinski definition) is 3. The van der Waals surface area contributed by atoms with E-state index in [0.29, 0.717) is 53.7 Å². The maximum absolute atomic E-state index is 13.5. The molecule has 0 spiro atoms. The molecule has 0 radical (unpaired) electrons. The van der Waals surface area contributed by atoms with Gasteiger partial charge in [0.1, 0.15) is 11.6 Å². The predicted octanol–water partition coefficient (Wildman–Crippen LogP) is 4.75. The van der Waals surface area contributed by atoms with Crippen molar-refractivity contribution in [1.82, 2.24) is 24.7 Å². The number of carbonyl (C=O) groups excluding carboxylic acids is 2. The van der Waals surface area contributed by atoms with E-state index in [1.54, 1.807) is 25.4 Å². The van der Waals surface area contributed by atoms with Gasteiger partial charge in [-0.25, -0.2) is 4.98 Å². The zero-order valence-corrected chi connectivity index (χ0v) is 27.7. The molecule has 12 nitrogen and oxygen atoms in total. The zero-order valence-electron chi connectivity index (χ0n) is 27.7. The van der Waals surface area contributed by atoms with Crippen LogP contribution in [0.1, 0.15) is 35.2 Å². The van der Waals surface area contributed by atoms with Crippen LogP contribution < -0.4 is 20.7 Å². The summed E-state index contributed by atoms with van der Waals surface area (Å²) in [6, 6.07) is 13.3. The summed E-state index contributed by atoms with van der Waals surface area (Å²) in [7, 11) is 3.76. The minimum atomic E-state index is -0.291. The number of nitrogens with zero attached hydrogens (tertiary/aromatic N) is 5. The fourth-order valence-electron chi connectivity index (χ4n) is 6.40. The first-order valence-corrected chi connectivity index (χ1v) is 16.5. The average molecular weight is 653 g/mol. The first-order chi connectivity index (χ1) is 23.4. The molecule has 3 aliphatic heterocycles. The Morgan fingerprint density at radius 2 is 1.81 bits per heavy atom. The molecule has 2 saturated heterocycles. The lowest BCUT2D eigenvalue weighted by Gasteiger charge is -2.42. The summed E-state index contributed by atoms with van der Waals surface area (Å²) >= 11 is 0. The molecule has 1 aromatic heterocycles. The molecule has 4 heterocycles. The van der Waals surface area contributed by atoms with Gasteiger partial charge in [-0.05, 0) is 74.4 Å². The number of nitrogens with one attached hydrogen (secondary N) is 3. The Labute approximate surface area is 281 Å². The van der Waals surface area contributed by atoms with E-state index >= 15 is 0 Å². The quantitative estimate of drug-likeness (QED) is 0.264. The van der Waals surface area contributed by atoms with Crippen molar-refractivity contribution in [2.45, 2.75) is 25.3 Å². The van der Waals surface area contributed by atoms with Crippen molar-refractivity contribution in [3.63, 3.8) is 0 Å². The van der Waals surface area contributed by atoms with Gasteiger partial charge >= 0.3 is 0 Å². The van der Waals surface area contributed by atoms with Gasteiger partial charge in [0.05, 0.1) is 26.0 Å². The van der Waals surface area contributed by atoms with Crippen molar-refractivity contribution < 1.29 is 19.1 Å². The number of likely N-dealkylation sites (N-methyl/N-ethyl adjacent to an activating group) is 1. The summed E-state index contributed by atoms with van der Waals surface area (Å²) < 4.78 is 11.2. The lowest BCUT2D eigenvalue weighted by Crippen LogP contribution is -2.52. The molecular weight excluding hydrogens is 608 g/mol. The van der Waals surface area contributed by atoms with E-state index in [-0.39, 0.29) is 11.8 Å². The first-order valence-electron chi connectivity index (χ1n) is 16.5. The fraction of sp³-hybridized carbons (Fsp3) is 0.389. The van der Waals surface area contributed by atoms with Gasteiger partial charge in [-0.2, -0.15) is 4.98 Å². The number of carbonyl (C=O) groups is 2. The Balaban J connectivity index is 1.17. The van der Waals surface area contributed by atoms with Crippen molar-refractivity contribution in [2.75, 3.05) is 82.6 Å². The third kappa shape index (κ3) is 8.01. The van der Waals surface area contributed by atoms with Crippen LogP contribution in [0.3, 0.4) is 0 Å². The van der Waals surface area contributed by atoms with Crippen molar-refractivity contribution in [3.05, 3.63) is 78.5 Å². The minimum Gasteiger partial charge on any atom is -0.495 e. The average Bonchev–Trinajstić information content (AvgIpc) is 3.12. The molecule has 0 saturated carbocycles. The van der Waals surface area contributed by atoms with Gasteiger partial charge in [-0.15, -0.1) is 0 Å². The van der Waals surface area contributed by atoms with E-state index in [9.17, 15) is 9.59 Å². The molecule has 2 aromatic carbocycles. The molecule has 12 heteroatoms. The number of likely N-dealkylation sites (tertiary alicyclic amines) is 1. The Morgan fingerprint density at radius 1 is 1.02 bits per heavy atom. The molecule has 2 fully saturated rings. The molecular formula is C36H44N8O4. The molecule has 3 aliphatic rings. The molecule has 0 unspecified atom stereocenters. The third-order valence-corrected chi connectivity index (χ3v) is 9.18. The van der Waals surface area contributed by atoms with Crippen molar-refractivity contribution in [3.8, 4) is 5.75 Å². The van der Waals surface area contributed by atoms with Crippen LogP contribution in [0.4, 0.5) is 28.8 Å². The molecule has 3 aromatic rings. The van der Waals surface area contributed by atoms with Gasteiger partial charge < -0.3 is 35.2 Å². The molecule has 2 amide bonds. The van der Waals surface area contributed by atoms with Gasteiger partial charge in [-0.3, -0.25) is 14.5 Å². The summed E-state index contributed by atoms with van der Waals surface area (Å²) in [5, 5.41) is 9.48. The van der Waals surface area contributed by atoms with Crippen LogP contribution in [0.2, 0.25) is 0 Å². The highest BCUT2D eigenvalue weighted by molar-refractivity contribution is 5.99. The molecule has 252 valence electrons. The number of amides is 2. The highest BCUT2D eigenvalue weighted by Crippen LogP contribution is 2.33. The van der Waals surface area contributed by atoms with E-state index in [2.05, 4.69) is 44.4 Å². The minimum absolute atomic E-state index is 0.0139. The summed E-state index contributed by atoms with van der Waals surface area (Å²) in [6.07, 6.45) is 7.77. The Hall–Kier alpha value is -4.78. The van der Waals surface area contributed by atoms with Gasteiger partial charge in [0.15, 0.2) is 0 Å². The van der Waals surface area contributed by atoms with Crippen LogP contribution >= 0.6 is 0 Å². The number of ether oxygens (including phenoxy) is 2. The molecule has 6 rings (SSSR count). The molecule has 48 heavy (non-hydrogen) atoms. The fourth-order valence-corrected chi connectivity index (χ4v) is 6.40. The number of piperidine rings is 1. The van der Waals surface area contributed by atoms with Crippen LogP contribution in [-0.4, -0.2) is 109 Å². The number of rotatable bonds is 10. The van der Waals surface area contributed by atoms with E-state index in [1.165, 1.54) is 6.08 Å². The summed E-state index contributed by atoms with van der Waals surface area (Å²) in [6.45, 7) is 10.6. The number of hydrogen-bond acceptors (Lipinski definition) is 10. The van der Waals surface area contributed by atoms with Gasteiger partial charge in [-0.1, -0.05) is 18.7 Å². The van der Waals surface area contributed by atoms with Gasteiger partial charge in [0.25, 0.3) is 5.91 Å². The SMILES string of the molecule is C=CC(=O)Nc1cccc(Nc2nc(Nc3ccc(C(=O)N4CCC(N5CCN(C)CC5)CC4)cc3OC)ncc2C2=CCOCC2)c1. The second-order valence-electron chi connectivity index (χ2n) is 12.3. The first kappa shape index (κ1) is 33.1. The van der Waals surface area contributed by atoms with E-state index in [4.69, 9.17) is 14.5 Å². The predicted molar refractivity (Wildman–Crippen MR) is 188 cm³/mol. The third-order valence-electron chi connectivity index (χ3n) is 9.18. The lowest BCUT2D eigenvalue weighted by molar-refractivity contribution is -0.111.